The molecule has 0 unspecified atom stereocenters. The molecule has 0 radical (unpaired) electrons. The minimum Gasteiger partial charge on any atom is -0.375 e. The normalized spacial score (nSPS) is 15.6. The van der Waals surface area contributed by atoms with E-state index in [2.05, 4.69) is 45.0 Å². The van der Waals surface area contributed by atoms with Gasteiger partial charge in [-0.2, -0.15) is 0 Å². The van der Waals surface area contributed by atoms with Crippen LogP contribution < -0.4 is 20.4 Å². The summed E-state index contributed by atoms with van der Waals surface area (Å²) in [4.78, 5) is 8.89. The molecule has 0 bridgehead atoms. The van der Waals surface area contributed by atoms with Crippen LogP contribution in [-0.4, -0.2) is 45.7 Å². The van der Waals surface area contributed by atoms with Crippen LogP contribution in [0.1, 0.15) is 25.3 Å². The Balaban J connectivity index is 1.57. The van der Waals surface area contributed by atoms with E-state index in [0.717, 1.165) is 44.0 Å². The quantitative estimate of drug-likeness (QED) is 0.570. The first-order valence-electron chi connectivity index (χ1n) is 9.86. The second-order valence-electron chi connectivity index (χ2n) is 7.23. The van der Waals surface area contributed by atoms with Crippen LogP contribution in [0.5, 0.6) is 0 Å². The number of nitrogens with zero attached hydrogens (tertiary/aromatic N) is 3. The van der Waals surface area contributed by atoms with E-state index in [1.165, 1.54) is 5.00 Å². The highest BCUT2D eigenvalue weighted by molar-refractivity contribution is 7.14. The number of thiophene rings is 1. The second-order valence-corrected chi connectivity index (χ2v) is 8.16. The summed E-state index contributed by atoms with van der Waals surface area (Å²) in [7, 11) is 3.68. The summed E-state index contributed by atoms with van der Waals surface area (Å²) >= 11 is 1.80. The van der Waals surface area contributed by atoms with Crippen molar-refractivity contribution in [3.63, 3.8) is 0 Å². The standard InChI is InChI=1S/C21H30FN5S/c1-4-23-21(24-15-16-7-8-19(26(2)3)18(22)14-16)25-17-9-11-27(12-10-17)20-6-5-13-28-20/h5-8,13-14,17H,4,9-12,15H2,1-3H3,(H2,23,24,25). The van der Waals surface area contributed by atoms with Gasteiger partial charge in [-0.05, 0) is 55.0 Å². The lowest BCUT2D eigenvalue weighted by molar-refractivity contribution is 0.463. The number of piperidine rings is 1. The molecule has 2 N–H and O–H groups in total. The van der Waals surface area contributed by atoms with Crippen LogP contribution in [0.15, 0.2) is 40.7 Å². The molecule has 2 heterocycles. The average Bonchev–Trinajstić information content (AvgIpc) is 3.21. The molecular weight excluding hydrogens is 373 g/mol. The molecule has 0 spiro atoms. The van der Waals surface area contributed by atoms with Gasteiger partial charge in [-0.3, -0.25) is 0 Å². The summed E-state index contributed by atoms with van der Waals surface area (Å²) in [6.07, 6.45) is 2.16. The van der Waals surface area contributed by atoms with Crippen molar-refractivity contribution in [3.8, 4) is 0 Å². The summed E-state index contributed by atoms with van der Waals surface area (Å²) in [5, 5.41) is 10.3. The second kappa shape index (κ2) is 9.78. The van der Waals surface area contributed by atoms with E-state index in [4.69, 9.17) is 0 Å². The van der Waals surface area contributed by atoms with Crippen molar-refractivity contribution in [3.05, 3.63) is 47.1 Å². The molecule has 28 heavy (non-hydrogen) atoms. The smallest absolute Gasteiger partial charge is 0.191 e. The predicted molar refractivity (Wildman–Crippen MR) is 118 cm³/mol. The highest BCUT2D eigenvalue weighted by atomic mass is 32.1. The van der Waals surface area contributed by atoms with E-state index in [-0.39, 0.29) is 5.82 Å². The maximum absolute atomic E-state index is 14.2. The number of anilines is 2. The largest absolute Gasteiger partial charge is 0.375 e. The number of guanidine groups is 1. The SMILES string of the molecule is CCNC(=NCc1ccc(N(C)C)c(F)c1)NC1CCN(c2cccs2)CC1. The summed E-state index contributed by atoms with van der Waals surface area (Å²) < 4.78 is 14.2. The molecule has 1 aliphatic rings. The first-order chi connectivity index (χ1) is 13.6. The van der Waals surface area contributed by atoms with E-state index < -0.39 is 0 Å². The van der Waals surface area contributed by atoms with Crippen LogP contribution in [-0.2, 0) is 6.54 Å². The maximum Gasteiger partial charge on any atom is 0.191 e. The molecule has 0 amide bonds. The van der Waals surface area contributed by atoms with Gasteiger partial charge >= 0.3 is 0 Å². The van der Waals surface area contributed by atoms with Gasteiger partial charge in [0.2, 0.25) is 0 Å². The zero-order chi connectivity index (χ0) is 19.9. The monoisotopic (exact) mass is 403 g/mol. The lowest BCUT2D eigenvalue weighted by Gasteiger charge is -2.33. The van der Waals surface area contributed by atoms with E-state index in [0.29, 0.717) is 18.3 Å². The third-order valence-corrected chi connectivity index (χ3v) is 5.84. The van der Waals surface area contributed by atoms with Gasteiger partial charge in [-0.25, -0.2) is 9.38 Å². The van der Waals surface area contributed by atoms with Crippen molar-refractivity contribution in [2.24, 2.45) is 4.99 Å². The van der Waals surface area contributed by atoms with E-state index in [1.54, 1.807) is 28.4 Å². The summed E-state index contributed by atoms with van der Waals surface area (Å²) in [6.45, 7) is 5.41. The number of aliphatic imine (C=N–C) groups is 1. The van der Waals surface area contributed by atoms with Crippen LogP contribution in [0.25, 0.3) is 0 Å². The number of nitrogens with one attached hydrogen (secondary N) is 2. The Labute approximate surface area is 171 Å². The highest BCUT2D eigenvalue weighted by Crippen LogP contribution is 2.24. The first kappa shape index (κ1) is 20.5. The summed E-state index contributed by atoms with van der Waals surface area (Å²) in [5.74, 6) is 0.589. The minimum atomic E-state index is -0.211. The van der Waals surface area contributed by atoms with Crippen LogP contribution in [0.3, 0.4) is 0 Å². The third-order valence-electron chi connectivity index (χ3n) is 4.91. The molecule has 1 saturated heterocycles. The van der Waals surface area contributed by atoms with Gasteiger partial charge in [0.05, 0.1) is 17.2 Å². The molecule has 0 aliphatic carbocycles. The van der Waals surface area contributed by atoms with E-state index in [1.807, 2.05) is 20.2 Å². The van der Waals surface area contributed by atoms with Crippen molar-refractivity contribution in [1.82, 2.24) is 10.6 Å². The van der Waals surface area contributed by atoms with Crippen LogP contribution in [0.2, 0.25) is 0 Å². The average molecular weight is 404 g/mol. The Morgan fingerprint density at radius 3 is 2.68 bits per heavy atom. The van der Waals surface area contributed by atoms with E-state index in [9.17, 15) is 4.39 Å². The molecule has 1 fully saturated rings. The van der Waals surface area contributed by atoms with Crippen molar-refractivity contribution in [2.45, 2.75) is 32.4 Å². The number of halogens is 1. The minimum absolute atomic E-state index is 0.211. The molecule has 1 aromatic heterocycles. The molecule has 1 aliphatic heterocycles. The van der Waals surface area contributed by atoms with Crippen LogP contribution in [0.4, 0.5) is 15.1 Å². The fourth-order valence-corrected chi connectivity index (χ4v) is 4.17. The van der Waals surface area contributed by atoms with Gasteiger partial charge in [0.1, 0.15) is 5.82 Å². The molecule has 2 aromatic rings. The number of rotatable bonds is 6. The topological polar surface area (TPSA) is 42.9 Å². The molecule has 1 aromatic carbocycles. The number of benzene rings is 1. The molecule has 3 rings (SSSR count). The fourth-order valence-electron chi connectivity index (χ4n) is 3.39. The molecule has 152 valence electrons. The Hall–Kier alpha value is -2.28. The van der Waals surface area contributed by atoms with Gasteiger partial charge < -0.3 is 20.4 Å². The molecular formula is C21H30FN5S. The predicted octanol–water partition coefficient (Wildman–Crippen LogP) is 3.68. The van der Waals surface area contributed by atoms with Crippen LogP contribution >= 0.6 is 11.3 Å². The van der Waals surface area contributed by atoms with Gasteiger partial charge in [-0.1, -0.05) is 6.07 Å². The molecule has 7 heteroatoms. The van der Waals surface area contributed by atoms with Gasteiger partial charge in [0.15, 0.2) is 5.96 Å². The Morgan fingerprint density at radius 1 is 1.29 bits per heavy atom. The fraction of sp³-hybridized carbons (Fsp3) is 0.476. The first-order valence-corrected chi connectivity index (χ1v) is 10.7. The van der Waals surface area contributed by atoms with Crippen LogP contribution in [0, 0.1) is 5.82 Å². The highest BCUT2D eigenvalue weighted by Gasteiger charge is 2.20. The lowest BCUT2D eigenvalue weighted by Crippen LogP contribution is -2.48. The van der Waals surface area contributed by atoms with Crippen molar-refractivity contribution >= 4 is 28.0 Å². The maximum atomic E-state index is 14.2. The zero-order valence-corrected chi connectivity index (χ0v) is 17.7. The van der Waals surface area contributed by atoms with Gasteiger partial charge in [0.25, 0.3) is 0 Å². The molecule has 0 saturated carbocycles. The Kier molecular flexibility index (Phi) is 7.14. The van der Waals surface area contributed by atoms with E-state index >= 15 is 0 Å². The van der Waals surface area contributed by atoms with Crippen molar-refractivity contribution in [2.75, 3.05) is 43.5 Å². The zero-order valence-electron chi connectivity index (χ0n) is 16.9. The summed E-state index contributed by atoms with van der Waals surface area (Å²) in [5.41, 5.74) is 1.46. The molecule has 5 nitrogen and oxygen atoms in total. The van der Waals surface area contributed by atoms with Gasteiger partial charge in [0, 0.05) is 39.8 Å². The lowest BCUT2D eigenvalue weighted by atomic mass is 10.1. The number of hydrogen-bond acceptors (Lipinski definition) is 4. The Bertz CT molecular complexity index is 767. The molecule has 0 atom stereocenters. The van der Waals surface area contributed by atoms with Crippen molar-refractivity contribution < 1.29 is 4.39 Å². The summed E-state index contributed by atoms with van der Waals surface area (Å²) in [6, 6.07) is 10.0. The van der Waals surface area contributed by atoms with Crippen molar-refractivity contribution in [1.29, 1.82) is 0 Å². The third kappa shape index (κ3) is 5.38. The Morgan fingerprint density at radius 2 is 2.07 bits per heavy atom. The van der Waals surface area contributed by atoms with Gasteiger partial charge in [-0.15, -0.1) is 11.3 Å². The number of hydrogen-bond donors (Lipinski definition) is 2.